The summed E-state index contributed by atoms with van der Waals surface area (Å²) in [4.78, 5) is 29.4. The first-order valence-electron chi connectivity index (χ1n) is 11.6. The zero-order valence-electron chi connectivity index (χ0n) is 20.1. The van der Waals surface area contributed by atoms with E-state index in [1.807, 2.05) is 18.5 Å². The summed E-state index contributed by atoms with van der Waals surface area (Å²) in [7, 11) is -3.16. The van der Waals surface area contributed by atoms with E-state index in [1.165, 1.54) is 6.07 Å². The molecule has 0 saturated carbocycles. The summed E-state index contributed by atoms with van der Waals surface area (Å²) >= 11 is 0. The second-order valence-corrected chi connectivity index (χ2v) is 11.1. The van der Waals surface area contributed by atoms with Crippen LogP contribution < -0.4 is 11.1 Å². The van der Waals surface area contributed by atoms with Crippen LogP contribution in [-0.4, -0.2) is 58.1 Å². The number of rotatable bonds is 7. The molecule has 3 heterocycles. The monoisotopic (exact) mass is 498 g/mol. The Kier molecular flexibility index (Phi) is 6.91. The third-order valence-electron chi connectivity index (χ3n) is 6.60. The number of aryl methyl sites for hydroxylation is 1. The molecule has 3 N–H and O–H groups in total. The molecule has 4 rings (SSSR count). The van der Waals surface area contributed by atoms with Gasteiger partial charge in [0.25, 0.3) is 5.91 Å². The van der Waals surface area contributed by atoms with Crippen molar-refractivity contribution >= 4 is 38.4 Å². The minimum absolute atomic E-state index is 0.0913. The number of amides is 2. The molecule has 2 aromatic heterocycles. The van der Waals surface area contributed by atoms with Crippen LogP contribution in [0.3, 0.4) is 0 Å². The predicted molar refractivity (Wildman–Crippen MR) is 134 cm³/mol. The van der Waals surface area contributed by atoms with Gasteiger partial charge in [-0.1, -0.05) is 18.2 Å². The number of pyridine rings is 1. The number of nitrogens with two attached hydrogens (primary N) is 1. The molecular formula is C24H30N6O4S. The maximum Gasteiger partial charge on any atom is 0.274 e. The maximum absolute atomic E-state index is 13.1. The minimum atomic E-state index is -3.16. The molecule has 2 amide bonds. The van der Waals surface area contributed by atoms with Crippen molar-refractivity contribution in [3.63, 3.8) is 0 Å². The minimum Gasteiger partial charge on any atom is -0.366 e. The molecule has 0 spiro atoms. The number of primary amides is 1. The normalized spacial score (nSPS) is 15.4. The van der Waals surface area contributed by atoms with Crippen molar-refractivity contribution in [2.24, 2.45) is 11.7 Å². The smallest absolute Gasteiger partial charge is 0.274 e. The second kappa shape index (κ2) is 9.74. The third kappa shape index (κ3) is 5.06. The maximum atomic E-state index is 13.1. The molecule has 1 aromatic carbocycles. The molecular weight excluding hydrogens is 468 g/mol. The van der Waals surface area contributed by atoms with Gasteiger partial charge in [0.15, 0.2) is 0 Å². The van der Waals surface area contributed by atoms with Gasteiger partial charge >= 0.3 is 0 Å². The largest absolute Gasteiger partial charge is 0.366 e. The Bertz CT molecular complexity index is 1390. The van der Waals surface area contributed by atoms with E-state index in [9.17, 15) is 18.0 Å². The van der Waals surface area contributed by atoms with E-state index in [1.54, 1.807) is 35.5 Å². The van der Waals surface area contributed by atoms with Crippen LogP contribution in [0.1, 0.15) is 52.0 Å². The lowest BCUT2D eigenvalue weighted by Gasteiger charge is -2.31. The first-order valence-corrected chi connectivity index (χ1v) is 13.2. The van der Waals surface area contributed by atoms with E-state index < -0.39 is 21.8 Å². The Balaban J connectivity index is 1.50. The number of nitrogens with one attached hydrogen (secondary N) is 1. The number of carbonyl (C=O) groups is 2. The average molecular weight is 499 g/mol. The van der Waals surface area contributed by atoms with Crippen molar-refractivity contribution in [1.29, 1.82) is 0 Å². The van der Waals surface area contributed by atoms with E-state index in [2.05, 4.69) is 15.4 Å². The Hall–Kier alpha value is -3.31. The Morgan fingerprint density at radius 2 is 1.86 bits per heavy atom. The van der Waals surface area contributed by atoms with E-state index in [-0.39, 0.29) is 17.0 Å². The lowest BCUT2D eigenvalue weighted by molar-refractivity contribution is 0.100. The molecule has 3 aromatic rings. The summed E-state index contributed by atoms with van der Waals surface area (Å²) in [5.74, 6) is -0.677. The summed E-state index contributed by atoms with van der Waals surface area (Å²) < 4.78 is 27.6. The molecule has 1 fully saturated rings. The van der Waals surface area contributed by atoms with Gasteiger partial charge in [-0.3, -0.25) is 14.3 Å². The standard InChI is InChI=1S/C24H30N6O4S/c1-4-35(33,34)29-11-9-17(10-12-29)14-30-16(3)22(15(2)28-30)27-24(32)21-13-19(23(25)31)18-7-5-6-8-20(18)26-21/h5-8,13,17H,4,9-12,14H2,1-3H3,(H2,25,31)(H,27,32). The number of nitrogens with zero attached hydrogens (tertiary/aromatic N) is 4. The van der Waals surface area contributed by atoms with E-state index in [0.717, 1.165) is 18.5 Å². The molecule has 186 valence electrons. The van der Waals surface area contributed by atoms with Crippen LogP contribution in [0.4, 0.5) is 5.69 Å². The van der Waals surface area contributed by atoms with Crippen LogP contribution in [0.25, 0.3) is 10.9 Å². The van der Waals surface area contributed by atoms with Gasteiger partial charge < -0.3 is 11.1 Å². The van der Waals surface area contributed by atoms with Gasteiger partial charge in [-0.25, -0.2) is 17.7 Å². The molecule has 10 nitrogen and oxygen atoms in total. The number of aromatic nitrogens is 3. The molecule has 1 aliphatic rings. The zero-order valence-corrected chi connectivity index (χ0v) is 20.9. The third-order valence-corrected chi connectivity index (χ3v) is 8.48. The number of piperidine rings is 1. The molecule has 11 heteroatoms. The number of sulfonamides is 1. The molecule has 0 aliphatic carbocycles. The first-order chi connectivity index (χ1) is 16.6. The molecule has 0 radical (unpaired) electrons. The molecule has 1 aliphatic heterocycles. The lowest BCUT2D eigenvalue weighted by Crippen LogP contribution is -2.40. The van der Waals surface area contributed by atoms with E-state index >= 15 is 0 Å². The number of hydrogen-bond acceptors (Lipinski definition) is 6. The number of para-hydroxylation sites is 1. The van der Waals surface area contributed by atoms with Crippen LogP contribution in [0.2, 0.25) is 0 Å². The van der Waals surface area contributed by atoms with Crippen molar-refractivity contribution in [1.82, 2.24) is 19.1 Å². The van der Waals surface area contributed by atoms with Gasteiger partial charge in [0, 0.05) is 25.0 Å². The predicted octanol–water partition coefficient (Wildman–Crippen LogP) is 2.46. The van der Waals surface area contributed by atoms with Gasteiger partial charge in [0.1, 0.15) is 5.69 Å². The van der Waals surface area contributed by atoms with Gasteiger partial charge in [0.05, 0.1) is 33.9 Å². The highest BCUT2D eigenvalue weighted by molar-refractivity contribution is 7.89. The fraction of sp³-hybridized carbons (Fsp3) is 0.417. The number of carbonyl (C=O) groups excluding carboxylic acids is 2. The fourth-order valence-electron chi connectivity index (χ4n) is 4.53. The van der Waals surface area contributed by atoms with Gasteiger partial charge in [0.2, 0.25) is 15.9 Å². The second-order valence-electron chi connectivity index (χ2n) is 8.86. The van der Waals surface area contributed by atoms with Crippen molar-refractivity contribution in [2.75, 3.05) is 24.2 Å². The highest BCUT2D eigenvalue weighted by Crippen LogP contribution is 2.26. The fourth-order valence-corrected chi connectivity index (χ4v) is 5.66. The quantitative estimate of drug-likeness (QED) is 0.513. The van der Waals surface area contributed by atoms with E-state index in [0.29, 0.717) is 47.8 Å². The van der Waals surface area contributed by atoms with Gasteiger partial charge in [-0.2, -0.15) is 5.10 Å². The van der Waals surface area contributed by atoms with Crippen molar-refractivity contribution in [3.05, 3.63) is 53.0 Å². The Labute approximate surface area is 204 Å². The van der Waals surface area contributed by atoms with Crippen molar-refractivity contribution in [2.45, 2.75) is 40.2 Å². The number of anilines is 1. The van der Waals surface area contributed by atoms with Gasteiger partial charge in [-0.05, 0) is 51.7 Å². The molecule has 35 heavy (non-hydrogen) atoms. The van der Waals surface area contributed by atoms with Crippen molar-refractivity contribution in [3.8, 4) is 0 Å². The molecule has 0 atom stereocenters. The first kappa shape index (κ1) is 24.8. The topological polar surface area (TPSA) is 140 Å². The molecule has 0 bridgehead atoms. The number of benzene rings is 1. The SMILES string of the molecule is CCS(=O)(=O)N1CCC(Cn2nc(C)c(NC(=O)c3cc(C(N)=O)c4ccccc4n3)c2C)CC1. The van der Waals surface area contributed by atoms with E-state index in [4.69, 9.17) is 5.73 Å². The zero-order chi connectivity index (χ0) is 25.3. The summed E-state index contributed by atoms with van der Waals surface area (Å²) in [6.07, 6.45) is 1.52. The highest BCUT2D eigenvalue weighted by Gasteiger charge is 2.28. The van der Waals surface area contributed by atoms with Crippen LogP contribution in [0.15, 0.2) is 30.3 Å². The van der Waals surface area contributed by atoms with Crippen molar-refractivity contribution < 1.29 is 18.0 Å². The highest BCUT2D eigenvalue weighted by atomic mass is 32.2. The lowest BCUT2D eigenvalue weighted by atomic mass is 9.98. The van der Waals surface area contributed by atoms with Gasteiger partial charge in [-0.15, -0.1) is 0 Å². The number of fused-ring (bicyclic) bond motifs is 1. The number of hydrogen-bond donors (Lipinski definition) is 2. The summed E-state index contributed by atoms with van der Waals surface area (Å²) in [6.45, 7) is 7.03. The summed E-state index contributed by atoms with van der Waals surface area (Å²) in [5.41, 5.74) is 8.43. The average Bonchev–Trinajstić information content (AvgIpc) is 3.10. The summed E-state index contributed by atoms with van der Waals surface area (Å²) in [5, 5.41) is 8.09. The van der Waals surface area contributed by atoms with Crippen LogP contribution in [0.5, 0.6) is 0 Å². The Morgan fingerprint density at radius 3 is 2.51 bits per heavy atom. The van der Waals surface area contributed by atoms with Crippen LogP contribution >= 0.6 is 0 Å². The molecule has 1 saturated heterocycles. The van der Waals surface area contributed by atoms with Crippen LogP contribution in [-0.2, 0) is 16.6 Å². The summed E-state index contributed by atoms with van der Waals surface area (Å²) in [6, 6.07) is 8.44. The molecule has 0 unspecified atom stereocenters. The Morgan fingerprint density at radius 1 is 1.17 bits per heavy atom. The van der Waals surface area contributed by atoms with Crippen LogP contribution in [0, 0.1) is 19.8 Å².